The molecule has 0 spiro atoms. The molecule has 0 atom stereocenters. The summed E-state index contributed by atoms with van der Waals surface area (Å²) in [7, 11) is 0. The van der Waals surface area contributed by atoms with Crippen LogP contribution in [0.5, 0.6) is 0 Å². The number of unbranched alkanes of at least 4 members (excludes halogenated alkanes) is 2. The molecule has 1 aromatic carbocycles. The topological polar surface area (TPSA) is 151 Å². The molecule has 15 heteroatoms. The first kappa shape index (κ1) is 33.8. The van der Waals surface area contributed by atoms with Crippen molar-refractivity contribution in [1.82, 2.24) is 34.8 Å². The number of ether oxygens (including phenoxy) is 1. The first-order chi connectivity index (χ1) is 21.8. The molecule has 3 aromatic heterocycles. The summed E-state index contributed by atoms with van der Waals surface area (Å²) in [6, 6.07) is 7.04. The second kappa shape index (κ2) is 14.3. The van der Waals surface area contributed by atoms with Gasteiger partial charge in [-0.15, -0.1) is 0 Å². The Morgan fingerprint density at radius 3 is 2.48 bits per heavy atom. The molecule has 46 heavy (non-hydrogen) atoms. The lowest BCUT2D eigenvalue weighted by Gasteiger charge is -2.19. The van der Waals surface area contributed by atoms with E-state index in [1.165, 1.54) is 29.2 Å². The molecule has 0 aliphatic heterocycles. The van der Waals surface area contributed by atoms with Gasteiger partial charge in [-0.3, -0.25) is 13.9 Å². The number of anilines is 2. The number of amides is 2. The number of hydrogen-bond donors (Lipinski definition) is 3. The Bertz CT molecular complexity index is 1730. The third kappa shape index (κ3) is 8.52. The number of fused-ring (bicyclic) bond motifs is 1. The van der Waals surface area contributed by atoms with Crippen LogP contribution in [0.2, 0.25) is 0 Å². The number of alkyl carbamates (subject to hydrolysis) is 1. The summed E-state index contributed by atoms with van der Waals surface area (Å²) < 4.78 is 48.9. The van der Waals surface area contributed by atoms with Gasteiger partial charge in [0.05, 0.1) is 23.5 Å². The summed E-state index contributed by atoms with van der Waals surface area (Å²) in [5.74, 6) is 0.0953. The standard InChI is InChI=1S/C31H36F3N9O3/c1-5-20-17-21(9-10-22(20)28(44)37-12-7-6-8-13-38-29(45)46-30(2,3)4)40-26-27-39-18-24(43(27)16-14-36-26)23-19-42(15-11-35)41-25(23)31(32,33)34/h9-10,14,16-19H,5-8,12-13,15H2,1-4H3,(H,36,40)(H,37,44)(H,38,45). The van der Waals surface area contributed by atoms with Gasteiger partial charge in [0.15, 0.2) is 17.2 Å². The minimum atomic E-state index is -4.74. The minimum Gasteiger partial charge on any atom is -0.444 e. The molecule has 2 amide bonds. The molecular weight excluding hydrogens is 603 g/mol. The van der Waals surface area contributed by atoms with Gasteiger partial charge in [0.1, 0.15) is 12.1 Å². The van der Waals surface area contributed by atoms with E-state index in [1.807, 2.05) is 13.0 Å². The average molecular weight is 640 g/mol. The quantitative estimate of drug-likeness (QED) is 0.163. The smallest absolute Gasteiger partial charge is 0.435 e. The highest BCUT2D eigenvalue weighted by molar-refractivity contribution is 5.96. The zero-order valence-corrected chi connectivity index (χ0v) is 26.0. The highest BCUT2D eigenvalue weighted by Crippen LogP contribution is 2.37. The Kier molecular flexibility index (Phi) is 10.5. The number of aromatic nitrogens is 5. The van der Waals surface area contributed by atoms with E-state index in [9.17, 15) is 22.8 Å². The van der Waals surface area contributed by atoms with Crippen molar-refractivity contribution in [2.75, 3.05) is 18.4 Å². The molecule has 0 unspecified atom stereocenters. The number of nitrogens with zero attached hydrogens (tertiary/aromatic N) is 6. The molecule has 0 fully saturated rings. The molecule has 12 nitrogen and oxygen atoms in total. The number of aryl methyl sites for hydroxylation is 1. The fraction of sp³-hybridized carbons (Fsp3) is 0.419. The molecule has 244 valence electrons. The molecule has 4 aromatic rings. The van der Waals surface area contributed by atoms with Crippen molar-refractivity contribution in [2.24, 2.45) is 0 Å². The maximum Gasteiger partial charge on any atom is 0.435 e. The van der Waals surface area contributed by atoms with Crippen molar-refractivity contribution < 1.29 is 27.5 Å². The third-order valence-corrected chi connectivity index (χ3v) is 6.77. The Hall–Kier alpha value is -5.13. The van der Waals surface area contributed by atoms with Gasteiger partial charge >= 0.3 is 12.3 Å². The fourth-order valence-electron chi connectivity index (χ4n) is 4.73. The zero-order chi connectivity index (χ0) is 33.5. The Balaban J connectivity index is 1.40. The number of nitriles is 1. The number of alkyl halides is 3. The van der Waals surface area contributed by atoms with E-state index < -0.39 is 23.6 Å². The van der Waals surface area contributed by atoms with Gasteiger partial charge in [0, 0.05) is 42.9 Å². The van der Waals surface area contributed by atoms with Crippen LogP contribution in [0.1, 0.15) is 68.6 Å². The number of benzene rings is 1. The Morgan fingerprint density at radius 2 is 1.80 bits per heavy atom. The van der Waals surface area contributed by atoms with Crippen LogP contribution in [0.25, 0.3) is 16.9 Å². The summed E-state index contributed by atoms with van der Waals surface area (Å²) in [5, 5.41) is 21.3. The van der Waals surface area contributed by atoms with Crippen LogP contribution in [-0.2, 0) is 23.9 Å². The van der Waals surface area contributed by atoms with Crippen LogP contribution >= 0.6 is 0 Å². The van der Waals surface area contributed by atoms with Crippen molar-refractivity contribution in [3.63, 3.8) is 0 Å². The van der Waals surface area contributed by atoms with Crippen LogP contribution in [-0.4, -0.2) is 54.8 Å². The number of carbonyl (C=O) groups excluding carboxylic acids is 2. The van der Waals surface area contributed by atoms with Crippen molar-refractivity contribution in [2.45, 2.75) is 71.7 Å². The lowest BCUT2D eigenvalue weighted by atomic mass is 10.0. The maximum atomic E-state index is 13.8. The lowest BCUT2D eigenvalue weighted by molar-refractivity contribution is -0.141. The highest BCUT2D eigenvalue weighted by Gasteiger charge is 2.38. The van der Waals surface area contributed by atoms with E-state index in [-0.39, 0.29) is 29.4 Å². The predicted molar refractivity (Wildman–Crippen MR) is 164 cm³/mol. The maximum absolute atomic E-state index is 13.8. The average Bonchev–Trinajstić information content (AvgIpc) is 3.61. The molecular formula is C31H36F3N9O3. The first-order valence-corrected chi connectivity index (χ1v) is 14.8. The van der Waals surface area contributed by atoms with E-state index in [0.29, 0.717) is 36.6 Å². The molecule has 0 aliphatic carbocycles. The molecule has 0 radical (unpaired) electrons. The van der Waals surface area contributed by atoms with Crippen molar-refractivity contribution >= 4 is 29.2 Å². The summed E-state index contributed by atoms with van der Waals surface area (Å²) in [5.41, 5.74) is 0.476. The van der Waals surface area contributed by atoms with E-state index in [4.69, 9.17) is 10.00 Å². The minimum absolute atomic E-state index is 0.137. The molecule has 0 saturated heterocycles. The summed E-state index contributed by atoms with van der Waals surface area (Å²) in [6.45, 7) is 7.97. The normalized spacial score (nSPS) is 11.7. The lowest BCUT2D eigenvalue weighted by Crippen LogP contribution is -2.33. The van der Waals surface area contributed by atoms with Crippen LogP contribution in [0.3, 0.4) is 0 Å². The molecule has 4 rings (SSSR count). The fourth-order valence-corrected chi connectivity index (χ4v) is 4.73. The SMILES string of the molecule is CCc1cc(Nc2nccn3c(-c4cn(CC#N)nc4C(F)(F)F)cnc23)ccc1C(=O)NCCCCCNC(=O)OC(C)(C)C. The van der Waals surface area contributed by atoms with Gasteiger partial charge in [0.2, 0.25) is 0 Å². The highest BCUT2D eigenvalue weighted by atomic mass is 19.4. The number of hydrogen-bond acceptors (Lipinski definition) is 8. The van der Waals surface area contributed by atoms with E-state index in [2.05, 4.69) is 31.0 Å². The van der Waals surface area contributed by atoms with Crippen LogP contribution in [0, 0.1) is 11.3 Å². The van der Waals surface area contributed by atoms with Crippen LogP contribution in [0.15, 0.2) is 43.0 Å². The first-order valence-electron chi connectivity index (χ1n) is 14.8. The van der Waals surface area contributed by atoms with E-state index in [0.717, 1.165) is 29.5 Å². The largest absolute Gasteiger partial charge is 0.444 e. The second-order valence-corrected chi connectivity index (χ2v) is 11.5. The monoisotopic (exact) mass is 639 g/mol. The summed E-state index contributed by atoms with van der Waals surface area (Å²) in [4.78, 5) is 33.3. The number of carbonyl (C=O) groups is 2. The Morgan fingerprint density at radius 1 is 1.07 bits per heavy atom. The molecule has 0 aliphatic rings. The van der Waals surface area contributed by atoms with Crippen molar-refractivity contribution in [3.05, 3.63) is 59.8 Å². The summed E-state index contributed by atoms with van der Waals surface area (Å²) >= 11 is 0. The number of halogens is 3. The molecule has 3 heterocycles. The third-order valence-electron chi connectivity index (χ3n) is 6.77. The Labute approximate surface area is 264 Å². The van der Waals surface area contributed by atoms with Gasteiger partial charge in [-0.2, -0.15) is 23.5 Å². The number of rotatable bonds is 12. The van der Waals surface area contributed by atoms with E-state index in [1.54, 1.807) is 39.0 Å². The summed E-state index contributed by atoms with van der Waals surface area (Å²) in [6.07, 6.45) is 3.10. The van der Waals surface area contributed by atoms with Crippen LogP contribution < -0.4 is 16.0 Å². The molecule has 0 bridgehead atoms. The van der Waals surface area contributed by atoms with E-state index >= 15 is 0 Å². The number of imidazole rings is 1. The van der Waals surface area contributed by atoms with Crippen LogP contribution in [0.4, 0.5) is 29.5 Å². The van der Waals surface area contributed by atoms with Crippen molar-refractivity contribution in [3.8, 4) is 17.3 Å². The molecule has 3 N–H and O–H groups in total. The predicted octanol–water partition coefficient (Wildman–Crippen LogP) is 5.87. The van der Waals surface area contributed by atoms with Gasteiger partial charge < -0.3 is 20.7 Å². The van der Waals surface area contributed by atoms with Gasteiger partial charge in [0.25, 0.3) is 5.91 Å². The zero-order valence-electron chi connectivity index (χ0n) is 26.0. The second-order valence-electron chi connectivity index (χ2n) is 11.5. The van der Waals surface area contributed by atoms with Crippen molar-refractivity contribution in [1.29, 1.82) is 5.26 Å². The van der Waals surface area contributed by atoms with Gasteiger partial charge in [-0.05, 0) is 70.2 Å². The number of nitrogens with one attached hydrogen (secondary N) is 3. The van der Waals surface area contributed by atoms with Gasteiger partial charge in [-0.25, -0.2) is 14.8 Å². The van der Waals surface area contributed by atoms with Gasteiger partial charge in [-0.1, -0.05) is 6.92 Å². The molecule has 0 saturated carbocycles.